The standard InChI is InChI=1S/C16H19N3O2/c20-16-14-6-5-13(14)15(17-18-16)11-1-3-12(4-2-11)19-7-9-21-10-8-19/h1-4,13-14H,5-10H2,(H,18,20). The third-order valence-electron chi connectivity index (χ3n) is 4.79. The largest absolute Gasteiger partial charge is 0.378 e. The van der Waals surface area contributed by atoms with Crippen LogP contribution in [-0.2, 0) is 9.53 Å². The number of nitrogens with zero attached hydrogens (tertiary/aromatic N) is 2. The summed E-state index contributed by atoms with van der Waals surface area (Å²) in [6, 6.07) is 8.54. The minimum absolute atomic E-state index is 0.0833. The first kappa shape index (κ1) is 12.8. The Bertz CT molecular complexity index is 576. The highest BCUT2D eigenvalue weighted by Gasteiger charge is 2.42. The number of benzene rings is 1. The molecule has 21 heavy (non-hydrogen) atoms. The van der Waals surface area contributed by atoms with E-state index in [1.54, 1.807) is 0 Å². The zero-order chi connectivity index (χ0) is 14.2. The number of carbonyl (C=O) groups is 1. The summed E-state index contributed by atoms with van der Waals surface area (Å²) in [6.45, 7) is 3.48. The predicted molar refractivity (Wildman–Crippen MR) is 80.4 cm³/mol. The predicted octanol–water partition coefficient (Wildman–Crippen LogP) is 1.38. The van der Waals surface area contributed by atoms with E-state index in [2.05, 4.69) is 39.7 Å². The van der Waals surface area contributed by atoms with Gasteiger partial charge in [0.2, 0.25) is 5.91 Å². The third-order valence-corrected chi connectivity index (χ3v) is 4.79. The molecular formula is C16H19N3O2. The summed E-state index contributed by atoms with van der Waals surface area (Å²) in [5, 5.41) is 4.29. The fourth-order valence-corrected chi connectivity index (χ4v) is 3.37. The second-order valence-corrected chi connectivity index (χ2v) is 5.91. The lowest BCUT2D eigenvalue weighted by Crippen LogP contribution is -2.47. The van der Waals surface area contributed by atoms with Crippen molar-refractivity contribution in [3.63, 3.8) is 0 Å². The summed E-state index contributed by atoms with van der Waals surface area (Å²) >= 11 is 0. The number of carbonyl (C=O) groups excluding carboxylic acids is 1. The molecule has 1 amide bonds. The maximum absolute atomic E-state index is 11.7. The van der Waals surface area contributed by atoms with Gasteiger partial charge in [-0.2, -0.15) is 5.10 Å². The highest BCUT2D eigenvalue weighted by atomic mass is 16.5. The van der Waals surface area contributed by atoms with E-state index in [1.807, 2.05) is 0 Å². The van der Waals surface area contributed by atoms with Gasteiger partial charge in [-0.3, -0.25) is 4.79 Å². The van der Waals surface area contributed by atoms with Gasteiger partial charge in [0.05, 0.1) is 18.9 Å². The number of amides is 1. The van der Waals surface area contributed by atoms with Gasteiger partial charge in [0.15, 0.2) is 0 Å². The molecule has 0 radical (unpaired) electrons. The average Bonchev–Trinajstić information content (AvgIpc) is 2.50. The molecule has 2 unspecified atom stereocenters. The van der Waals surface area contributed by atoms with Gasteiger partial charge in [0.25, 0.3) is 0 Å². The van der Waals surface area contributed by atoms with Gasteiger partial charge in [-0.1, -0.05) is 12.1 Å². The molecule has 1 aromatic rings. The summed E-state index contributed by atoms with van der Waals surface area (Å²) < 4.78 is 5.38. The van der Waals surface area contributed by atoms with Crippen LogP contribution >= 0.6 is 0 Å². The van der Waals surface area contributed by atoms with Crippen molar-refractivity contribution >= 4 is 17.3 Å². The van der Waals surface area contributed by atoms with Gasteiger partial charge in [0.1, 0.15) is 0 Å². The number of rotatable bonds is 2. The number of fused-ring (bicyclic) bond motifs is 1. The van der Waals surface area contributed by atoms with Crippen LogP contribution in [0.15, 0.2) is 29.4 Å². The molecule has 2 fully saturated rings. The molecular weight excluding hydrogens is 266 g/mol. The first-order valence-electron chi connectivity index (χ1n) is 7.63. The molecule has 0 aromatic heterocycles. The monoisotopic (exact) mass is 285 g/mol. The van der Waals surface area contributed by atoms with E-state index in [1.165, 1.54) is 5.69 Å². The Labute approximate surface area is 124 Å². The van der Waals surface area contributed by atoms with Crippen molar-refractivity contribution in [3.05, 3.63) is 29.8 Å². The van der Waals surface area contributed by atoms with Gasteiger partial charge in [-0.05, 0) is 30.5 Å². The molecule has 2 atom stereocenters. The van der Waals surface area contributed by atoms with Crippen LogP contribution in [0.1, 0.15) is 18.4 Å². The normalized spacial score (nSPS) is 28.3. The topological polar surface area (TPSA) is 53.9 Å². The van der Waals surface area contributed by atoms with Crippen molar-refractivity contribution < 1.29 is 9.53 Å². The Morgan fingerprint density at radius 3 is 2.48 bits per heavy atom. The molecule has 1 aliphatic carbocycles. The highest BCUT2D eigenvalue weighted by molar-refractivity contribution is 6.07. The lowest BCUT2D eigenvalue weighted by Gasteiger charge is -2.38. The quantitative estimate of drug-likeness (QED) is 0.893. The fraction of sp³-hybridized carbons (Fsp3) is 0.500. The van der Waals surface area contributed by atoms with Crippen LogP contribution in [-0.4, -0.2) is 37.9 Å². The molecule has 5 nitrogen and oxygen atoms in total. The number of ether oxygens (including phenoxy) is 1. The molecule has 2 aliphatic heterocycles. The molecule has 1 saturated carbocycles. The van der Waals surface area contributed by atoms with Crippen molar-refractivity contribution in [1.82, 2.24) is 5.43 Å². The van der Waals surface area contributed by atoms with E-state index in [-0.39, 0.29) is 11.8 Å². The van der Waals surface area contributed by atoms with E-state index in [4.69, 9.17) is 4.74 Å². The van der Waals surface area contributed by atoms with E-state index in [0.29, 0.717) is 5.92 Å². The van der Waals surface area contributed by atoms with Crippen LogP contribution < -0.4 is 10.3 Å². The summed E-state index contributed by atoms with van der Waals surface area (Å²) in [5.41, 5.74) is 6.06. The lowest BCUT2D eigenvalue weighted by atomic mass is 9.68. The first-order valence-corrected chi connectivity index (χ1v) is 7.63. The minimum atomic E-state index is 0.0833. The molecule has 1 aromatic carbocycles. The molecule has 1 N–H and O–H groups in total. The SMILES string of the molecule is O=C1NN=C(c2ccc(N3CCOCC3)cc2)C2CCC12. The van der Waals surface area contributed by atoms with Crippen LogP contribution in [0.25, 0.3) is 0 Å². The molecule has 2 heterocycles. The molecule has 3 aliphatic rings. The summed E-state index contributed by atoms with van der Waals surface area (Å²) in [4.78, 5) is 14.0. The van der Waals surface area contributed by atoms with Gasteiger partial charge < -0.3 is 9.64 Å². The van der Waals surface area contributed by atoms with E-state index >= 15 is 0 Å². The second kappa shape index (κ2) is 5.15. The third kappa shape index (κ3) is 2.21. The lowest BCUT2D eigenvalue weighted by molar-refractivity contribution is -0.129. The summed E-state index contributed by atoms with van der Waals surface area (Å²) in [5.74, 6) is 0.532. The van der Waals surface area contributed by atoms with Crippen molar-refractivity contribution in [3.8, 4) is 0 Å². The highest BCUT2D eigenvalue weighted by Crippen LogP contribution is 2.39. The second-order valence-electron chi connectivity index (χ2n) is 5.91. The van der Waals surface area contributed by atoms with Crippen molar-refractivity contribution in [2.45, 2.75) is 12.8 Å². The minimum Gasteiger partial charge on any atom is -0.378 e. The Morgan fingerprint density at radius 1 is 1.10 bits per heavy atom. The van der Waals surface area contributed by atoms with Gasteiger partial charge in [-0.25, -0.2) is 5.43 Å². The van der Waals surface area contributed by atoms with Crippen LogP contribution in [0.4, 0.5) is 5.69 Å². The molecule has 5 heteroatoms. The van der Waals surface area contributed by atoms with Crippen LogP contribution in [0.5, 0.6) is 0 Å². The summed E-state index contributed by atoms with van der Waals surface area (Å²) in [6.07, 6.45) is 2.06. The molecule has 0 bridgehead atoms. The molecule has 4 rings (SSSR count). The zero-order valence-corrected chi connectivity index (χ0v) is 11.9. The van der Waals surface area contributed by atoms with Crippen molar-refractivity contribution in [2.75, 3.05) is 31.2 Å². The van der Waals surface area contributed by atoms with Crippen molar-refractivity contribution in [1.29, 1.82) is 0 Å². The summed E-state index contributed by atoms with van der Waals surface area (Å²) in [7, 11) is 0. The Balaban J connectivity index is 1.55. The Morgan fingerprint density at radius 2 is 1.81 bits per heavy atom. The number of morpholine rings is 1. The smallest absolute Gasteiger partial charge is 0.243 e. The number of anilines is 1. The maximum atomic E-state index is 11.7. The molecule has 0 spiro atoms. The Hall–Kier alpha value is -1.88. The fourth-order valence-electron chi connectivity index (χ4n) is 3.37. The number of hydrogen-bond donors (Lipinski definition) is 1. The van der Waals surface area contributed by atoms with Crippen LogP contribution in [0, 0.1) is 11.8 Å². The molecule has 110 valence electrons. The van der Waals surface area contributed by atoms with E-state index in [0.717, 1.165) is 50.4 Å². The van der Waals surface area contributed by atoms with Gasteiger partial charge in [-0.15, -0.1) is 0 Å². The van der Waals surface area contributed by atoms with Gasteiger partial charge >= 0.3 is 0 Å². The Kier molecular flexibility index (Phi) is 3.15. The van der Waals surface area contributed by atoms with Gasteiger partial charge in [0, 0.05) is 30.6 Å². The average molecular weight is 285 g/mol. The van der Waals surface area contributed by atoms with E-state index in [9.17, 15) is 4.79 Å². The van der Waals surface area contributed by atoms with Crippen LogP contribution in [0.3, 0.4) is 0 Å². The van der Waals surface area contributed by atoms with E-state index < -0.39 is 0 Å². The molecule has 1 saturated heterocycles. The van der Waals surface area contributed by atoms with Crippen molar-refractivity contribution in [2.24, 2.45) is 16.9 Å². The zero-order valence-electron chi connectivity index (χ0n) is 11.9. The number of hydrazone groups is 1. The van der Waals surface area contributed by atoms with Crippen LogP contribution in [0.2, 0.25) is 0 Å². The maximum Gasteiger partial charge on any atom is 0.243 e. The first-order chi connectivity index (χ1) is 10.3. The number of nitrogens with one attached hydrogen (secondary N) is 1. The number of hydrogen-bond acceptors (Lipinski definition) is 4.